The van der Waals surface area contributed by atoms with Gasteiger partial charge >= 0.3 is 5.76 Å². The Balaban J connectivity index is 2.82. The predicted molar refractivity (Wildman–Crippen MR) is 40.0 cm³/mol. The number of hydrogen-bond donors (Lipinski definition) is 1. The minimum absolute atomic E-state index is 0.214. The van der Waals surface area contributed by atoms with E-state index in [0.717, 1.165) is 0 Å². The van der Waals surface area contributed by atoms with Crippen LogP contribution in [0.4, 0.5) is 0 Å². The number of hydrogen-bond acceptors (Lipinski definition) is 4. The maximum absolute atomic E-state index is 10.6. The van der Waals surface area contributed by atoms with Crippen LogP contribution in [0, 0.1) is 0 Å². The van der Waals surface area contributed by atoms with Gasteiger partial charge in [0.1, 0.15) is 5.52 Å². The molecule has 0 aromatic carbocycles. The molecule has 0 aliphatic carbocycles. The van der Waals surface area contributed by atoms with Crippen LogP contribution in [-0.2, 0) is 0 Å². The SMILES string of the molecule is O=Cc1cnc2oc(=O)[nH]c2c1. The third-order valence-corrected chi connectivity index (χ3v) is 1.43. The molecule has 2 rings (SSSR count). The molecule has 0 atom stereocenters. The molecule has 2 aromatic heterocycles. The number of pyridine rings is 1. The highest BCUT2D eigenvalue weighted by Crippen LogP contribution is 2.06. The highest BCUT2D eigenvalue weighted by molar-refractivity contribution is 5.80. The summed E-state index contributed by atoms with van der Waals surface area (Å²) in [6.45, 7) is 0. The Bertz CT molecular complexity index is 483. The number of aromatic amines is 1. The molecule has 0 amide bonds. The van der Waals surface area contributed by atoms with Crippen LogP contribution in [0.15, 0.2) is 21.5 Å². The molecule has 1 N–H and O–H groups in total. The number of nitrogens with one attached hydrogen (secondary N) is 1. The van der Waals surface area contributed by atoms with E-state index in [1.54, 1.807) is 0 Å². The van der Waals surface area contributed by atoms with Gasteiger partial charge in [-0.15, -0.1) is 0 Å². The van der Waals surface area contributed by atoms with Gasteiger partial charge in [-0.1, -0.05) is 0 Å². The van der Waals surface area contributed by atoms with Gasteiger partial charge in [-0.3, -0.25) is 9.78 Å². The fourth-order valence-electron chi connectivity index (χ4n) is 0.927. The van der Waals surface area contributed by atoms with Crippen molar-refractivity contribution in [3.05, 3.63) is 28.4 Å². The fourth-order valence-corrected chi connectivity index (χ4v) is 0.927. The number of aldehydes is 1. The number of carbonyl (C=O) groups is 1. The zero-order chi connectivity index (χ0) is 8.55. The van der Waals surface area contributed by atoms with E-state index in [1.165, 1.54) is 12.3 Å². The van der Waals surface area contributed by atoms with Gasteiger partial charge in [0.05, 0.1) is 0 Å². The Labute approximate surface area is 66.0 Å². The monoisotopic (exact) mass is 164 g/mol. The summed E-state index contributed by atoms with van der Waals surface area (Å²) in [4.78, 5) is 27.1. The van der Waals surface area contributed by atoms with E-state index in [4.69, 9.17) is 0 Å². The van der Waals surface area contributed by atoms with Crippen molar-refractivity contribution in [1.82, 2.24) is 9.97 Å². The molecule has 0 aliphatic rings. The molecule has 0 bridgehead atoms. The zero-order valence-electron chi connectivity index (χ0n) is 5.90. The molecule has 0 aliphatic heterocycles. The van der Waals surface area contributed by atoms with Gasteiger partial charge in [0.25, 0.3) is 0 Å². The molecule has 0 unspecified atom stereocenters. The lowest BCUT2D eigenvalue weighted by Gasteiger charge is -1.86. The highest BCUT2D eigenvalue weighted by atomic mass is 16.4. The quantitative estimate of drug-likeness (QED) is 0.616. The molecule has 0 fully saturated rings. The fraction of sp³-hybridized carbons (Fsp3) is 0. The third kappa shape index (κ3) is 0.914. The Morgan fingerprint density at radius 1 is 1.58 bits per heavy atom. The Hall–Kier alpha value is -1.91. The molecule has 0 saturated carbocycles. The first-order chi connectivity index (χ1) is 5.79. The number of carbonyl (C=O) groups excluding carboxylic acids is 1. The van der Waals surface area contributed by atoms with Crippen LogP contribution >= 0.6 is 0 Å². The van der Waals surface area contributed by atoms with Gasteiger partial charge in [0.15, 0.2) is 6.29 Å². The van der Waals surface area contributed by atoms with Gasteiger partial charge < -0.3 is 4.42 Å². The van der Waals surface area contributed by atoms with Crippen molar-refractivity contribution < 1.29 is 9.21 Å². The van der Waals surface area contributed by atoms with E-state index in [0.29, 0.717) is 17.4 Å². The Morgan fingerprint density at radius 2 is 2.42 bits per heavy atom. The summed E-state index contributed by atoms with van der Waals surface area (Å²) in [5, 5.41) is 0. The number of fused-ring (bicyclic) bond motifs is 1. The lowest BCUT2D eigenvalue weighted by molar-refractivity contribution is 0.112. The molecule has 5 nitrogen and oxygen atoms in total. The minimum Gasteiger partial charge on any atom is -0.389 e. The van der Waals surface area contributed by atoms with Crippen LogP contribution < -0.4 is 5.76 Å². The van der Waals surface area contributed by atoms with Crippen LogP contribution in [0.2, 0.25) is 0 Å². The van der Waals surface area contributed by atoms with E-state index < -0.39 is 5.76 Å². The van der Waals surface area contributed by atoms with Gasteiger partial charge in [0.2, 0.25) is 5.71 Å². The second kappa shape index (κ2) is 2.30. The average Bonchev–Trinajstić information content (AvgIpc) is 2.43. The van der Waals surface area contributed by atoms with Crippen LogP contribution in [0.5, 0.6) is 0 Å². The minimum atomic E-state index is -0.569. The number of aromatic nitrogens is 2. The second-order valence-corrected chi connectivity index (χ2v) is 2.25. The molecule has 2 aromatic rings. The predicted octanol–water partition coefficient (Wildman–Crippen LogP) is 0.329. The van der Waals surface area contributed by atoms with Crippen molar-refractivity contribution in [2.45, 2.75) is 0 Å². The first-order valence-electron chi connectivity index (χ1n) is 3.23. The number of rotatable bonds is 1. The molecule has 2 heterocycles. The summed E-state index contributed by atoms with van der Waals surface area (Å²) in [7, 11) is 0. The van der Waals surface area contributed by atoms with E-state index in [9.17, 15) is 9.59 Å². The largest absolute Gasteiger partial charge is 0.418 e. The van der Waals surface area contributed by atoms with Crippen molar-refractivity contribution in [1.29, 1.82) is 0 Å². The molecule has 0 saturated heterocycles. The maximum Gasteiger partial charge on any atom is 0.418 e. The van der Waals surface area contributed by atoms with Crippen LogP contribution in [0.25, 0.3) is 11.2 Å². The molecule has 12 heavy (non-hydrogen) atoms. The standard InChI is InChI=1S/C7H4N2O3/c10-3-4-1-5-6(8-2-4)12-7(11)9-5/h1-3H,(H,9,11). The first-order valence-corrected chi connectivity index (χ1v) is 3.23. The average molecular weight is 164 g/mol. The summed E-state index contributed by atoms with van der Waals surface area (Å²) < 4.78 is 4.63. The molecular formula is C7H4N2O3. The second-order valence-electron chi connectivity index (χ2n) is 2.25. The van der Waals surface area contributed by atoms with Crippen molar-refractivity contribution in [3.63, 3.8) is 0 Å². The van der Waals surface area contributed by atoms with Gasteiger partial charge in [-0.2, -0.15) is 0 Å². The molecule has 0 spiro atoms. The van der Waals surface area contributed by atoms with Crippen LogP contribution in [-0.4, -0.2) is 16.3 Å². The Kier molecular flexibility index (Phi) is 1.30. The maximum atomic E-state index is 10.6. The van der Waals surface area contributed by atoms with Crippen LogP contribution in [0.3, 0.4) is 0 Å². The van der Waals surface area contributed by atoms with Crippen molar-refractivity contribution >= 4 is 17.5 Å². The van der Waals surface area contributed by atoms with Gasteiger partial charge in [-0.05, 0) is 6.07 Å². The summed E-state index contributed by atoms with van der Waals surface area (Å²) in [5.41, 5.74) is 1.05. The summed E-state index contributed by atoms with van der Waals surface area (Å²) in [6.07, 6.45) is 1.99. The summed E-state index contributed by atoms with van der Waals surface area (Å²) >= 11 is 0. The third-order valence-electron chi connectivity index (χ3n) is 1.43. The van der Waals surface area contributed by atoms with E-state index in [1.807, 2.05) is 0 Å². The summed E-state index contributed by atoms with van der Waals surface area (Å²) in [6, 6.07) is 1.50. The molecule has 0 radical (unpaired) electrons. The van der Waals surface area contributed by atoms with E-state index >= 15 is 0 Å². The van der Waals surface area contributed by atoms with Crippen molar-refractivity contribution in [2.24, 2.45) is 0 Å². The van der Waals surface area contributed by atoms with E-state index in [-0.39, 0.29) is 5.71 Å². The van der Waals surface area contributed by atoms with Crippen molar-refractivity contribution in [3.8, 4) is 0 Å². The molecule has 60 valence electrons. The lowest BCUT2D eigenvalue weighted by Crippen LogP contribution is -1.92. The summed E-state index contributed by atoms with van der Waals surface area (Å²) in [5.74, 6) is -0.569. The smallest absolute Gasteiger partial charge is 0.389 e. The normalized spacial score (nSPS) is 10.3. The van der Waals surface area contributed by atoms with Crippen LogP contribution in [0.1, 0.15) is 10.4 Å². The number of H-pyrrole nitrogens is 1. The lowest BCUT2D eigenvalue weighted by atomic mass is 10.3. The number of nitrogens with zero attached hydrogens (tertiary/aromatic N) is 1. The molecule has 5 heteroatoms. The Morgan fingerprint density at radius 3 is 3.17 bits per heavy atom. The highest BCUT2D eigenvalue weighted by Gasteiger charge is 2.01. The van der Waals surface area contributed by atoms with Crippen molar-refractivity contribution in [2.75, 3.05) is 0 Å². The first kappa shape index (κ1) is 6.78. The van der Waals surface area contributed by atoms with Gasteiger partial charge in [0, 0.05) is 11.8 Å². The number of oxazole rings is 1. The zero-order valence-corrected chi connectivity index (χ0v) is 5.90. The van der Waals surface area contributed by atoms with Gasteiger partial charge in [-0.25, -0.2) is 9.78 Å². The molecular weight excluding hydrogens is 160 g/mol. The van der Waals surface area contributed by atoms with E-state index in [2.05, 4.69) is 14.4 Å². The topological polar surface area (TPSA) is 76.0 Å².